The molecule has 29 heavy (non-hydrogen) atoms. The minimum absolute atomic E-state index is 0.119. The van der Waals surface area contributed by atoms with Gasteiger partial charge in [0, 0.05) is 12.2 Å². The molecule has 0 saturated carbocycles. The van der Waals surface area contributed by atoms with Gasteiger partial charge in [0.05, 0.1) is 7.11 Å². The van der Waals surface area contributed by atoms with Crippen LogP contribution in [0.5, 0.6) is 5.75 Å². The van der Waals surface area contributed by atoms with Crippen molar-refractivity contribution in [3.8, 4) is 5.75 Å². The van der Waals surface area contributed by atoms with E-state index in [1.807, 2.05) is 30.3 Å². The molecule has 2 fully saturated rings. The van der Waals surface area contributed by atoms with E-state index in [1.165, 1.54) is 9.80 Å². The summed E-state index contributed by atoms with van der Waals surface area (Å²) in [5, 5.41) is 0. The number of aldehydes is 1. The zero-order valence-electron chi connectivity index (χ0n) is 16.1. The highest BCUT2D eigenvalue weighted by Gasteiger charge is 2.67. The fourth-order valence-electron chi connectivity index (χ4n) is 4.23. The van der Waals surface area contributed by atoms with E-state index in [9.17, 15) is 14.4 Å². The molecular formula is C22H22N2O5. The van der Waals surface area contributed by atoms with E-state index in [0.717, 1.165) is 11.8 Å². The lowest BCUT2D eigenvalue weighted by Gasteiger charge is -2.54. The van der Waals surface area contributed by atoms with E-state index in [0.29, 0.717) is 30.8 Å². The zero-order chi connectivity index (χ0) is 20.4. The van der Waals surface area contributed by atoms with Crippen LogP contribution in [0.3, 0.4) is 0 Å². The van der Waals surface area contributed by atoms with Gasteiger partial charge in [0.2, 0.25) is 0 Å². The third kappa shape index (κ3) is 3.03. The lowest BCUT2D eigenvalue weighted by atomic mass is 9.76. The molecule has 2 aromatic carbocycles. The molecule has 0 N–H and O–H groups in total. The highest BCUT2D eigenvalue weighted by Crippen LogP contribution is 2.46. The summed E-state index contributed by atoms with van der Waals surface area (Å²) in [6, 6.07) is 15.5. The standard InChI is InChI=1S/C22H22N2O5/c1-28-18-10-8-17(9-11-18)24-19(14-25)22(20(24)26)12-5-13-23(22)21(27)29-15-16-6-3-2-4-7-16/h2-4,6-11,14,19H,5,12-13,15H2,1H3/t19-,22+/m0/s1. The van der Waals surface area contributed by atoms with Crippen LogP contribution in [0.2, 0.25) is 0 Å². The van der Waals surface area contributed by atoms with Crippen molar-refractivity contribution in [1.82, 2.24) is 4.90 Å². The Labute approximate surface area is 168 Å². The monoisotopic (exact) mass is 394 g/mol. The number of rotatable bonds is 5. The third-order valence-electron chi connectivity index (χ3n) is 5.68. The van der Waals surface area contributed by atoms with Gasteiger partial charge in [-0.25, -0.2) is 4.79 Å². The Morgan fingerprint density at radius 2 is 1.90 bits per heavy atom. The largest absolute Gasteiger partial charge is 0.497 e. The van der Waals surface area contributed by atoms with Gasteiger partial charge in [-0.3, -0.25) is 14.6 Å². The van der Waals surface area contributed by atoms with E-state index >= 15 is 0 Å². The summed E-state index contributed by atoms with van der Waals surface area (Å²) in [5.74, 6) is 0.403. The highest BCUT2D eigenvalue weighted by molar-refractivity contribution is 6.15. The number of hydrogen-bond acceptors (Lipinski definition) is 5. The average Bonchev–Trinajstić information content (AvgIpc) is 3.24. The van der Waals surface area contributed by atoms with Crippen molar-refractivity contribution in [3.05, 3.63) is 60.2 Å². The lowest BCUT2D eigenvalue weighted by molar-refractivity contribution is -0.143. The van der Waals surface area contributed by atoms with E-state index in [2.05, 4.69) is 0 Å². The van der Waals surface area contributed by atoms with Gasteiger partial charge in [0.15, 0.2) is 5.54 Å². The van der Waals surface area contributed by atoms with Crippen molar-refractivity contribution in [2.24, 2.45) is 0 Å². The molecule has 2 saturated heterocycles. The first kappa shape index (κ1) is 19.0. The Bertz CT molecular complexity index is 915. The maximum Gasteiger partial charge on any atom is 0.411 e. The molecule has 7 heteroatoms. The summed E-state index contributed by atoms with van der Waals surface area (Å²) in [5.41, 5.74) is 0.305. The summed E-state index contributed by atoms with van der Waals surface area (Å²) in [6.07, 6.45) is 1.27. The van der Waals surface area contributed by atoms with Gasteiger partial charge in [-0.2, -0.15) is 0 Å². The predicted octanol–water partition coefficient (Wildman–Crippen LogP) is 2.78. The Morgan fingerprint density at radius 1 is 1.17 bits per heavy atom. The second kappa shape index (κ2) is 7.58. The summed E-state index contributed by atoms with van der Waals surface area (Å²) < 4.78 is 10.6. The second-order valence-corrected chi connectivity index (χ2v) is 7.17. The average molecular weight is 394 g/mol. The fourth-order valence-corrected chi connectivity index (χ4v) is 4.23. The number of carbonyl (C=O) groups is 3. The number of anilines is 1. The van der Waals surface area contributed by atoms with Crippen LogP contribution in [0.15, 0.2) is 54.6 Å². The van der Waals surface area contributed by atoms with Gasteiger partial charge in [-0.15, -0.1) is 0 Å². The molecule has 150 valence electrons. The predicted molar refractivity (Wildman–Crippen MR) is 106 cm³/mol. The van der Waals surface area contributed by atoms with Crippen LogP contribution in [-0.4, -0.2) is 48.4 Å². The Morgan fingerprint density at radius 3 is 2.55 bits per heavy atom. The summed E-state index contributed by atoms with van der Waals surface area (Å²) in [6.45, 7) is 0.508. The summed E-state index contributed by atoms with van der Waals surface area (Å²) in [4.78, 5) is 40.8. The van der Waals surface area contributed by atoms with Crippen LogP contribution in [-0.2, 0) is 20.9 Å². The van der Waals surface area contributed by atoms with Crippen LogP contribution < -0.4 is 9.64 Å². The van der Waals surface area contributed by atoms with Gasteiger partial charge in [-0.1, -0.05) is 30.3 Å². The van der Waals surface area contributed by atoms with E-state index < -0.39 is 17.7 Å². The number of amides is 2. The van der Waals surface area contributed by atoms with Gasteiger partial charge < -0.3 is 14.3 Å². The molecule has 0 aliphatic carbocycles. The second-order valence-electron chi connectivity index (χ2n) is 7.17. The SMILES string of the molecule is COc1ccc(N2C(=O)[C@@]3(CCCN3C(=O)OCc3ccccc3)[C@@H]2C=O)cc1. The quantitative estimate of drug-likeness (QED) is 0.576. The molecule has 2 atom stereocenters. The number of carbonyl (C=O) groups excluding carboxylic acids is 3. The molecule has 1 spiro atoms. The normalized spacial score (nSPS) is 23.1. The van der Waals surface area contributed by atoms with Crippen LogP contribution in [0, 0.1) is 0 Å². The Balaban J connectivity index is 1.53. The first-order valence-electron chi connectivity index (χ1n) is 9.53. The van der Waals surface area contributed by atoms with Crippen molar-refractivity contribution in [3.63, 3.8) is 0 Å². The smallest absolute Gasteiger partial charge is 0.411 e. The third-order valence-corrected chi connectivity index (χ3v) is 5.68. The van der Waals surface area contributed by atoms with Crippen LogP contribution in [0.4, 0.5) is 10.5 Å². The molecule has 2 amide bonds. The maximum atomic E-state index is 13.2. The number of likely N-dealkylation sites (tertiary alicyclic amines) is 1. The molecule has 2 aliphatic rings. The van der Waals surface area contributed by atoms with E-state index in [4.69, 9.17) is 9.47 Å². The van der Waals surface area contributed by atoms with Crippen molar-refractivity contribution in [1.29, 1.82) is 0 Å². The number of nitrogens with zero attached hydrogens (tertiary/aromatic N) is 2. The van der Waals surface area contributed by atoms with E-state index in [1.54, 1.807) is 31.4 Å². The van der Waals surface area contributed by atoms with Crippen LogP contribution >= 0.6 is 0 Å². The number of benzene rings is 2. The minimum Gasteiger partial charge on any atom is -0.497 e. The lowest BCUT2D eigenvalue weighted by Crippen LogP contribution is -2.80. The molecule has 0 unspecified atom stereocenters. The van der Waals surface area contributed by atoms with Crippen molar-refractivity contribution >= 4 is 24.0 Å². The van der Waals surface area contributed by atoms with Crippen molar-refractivity contribution < 1.29 is 23.9 Å². The van der Waals surface area contributed by atoms with Gasteiger partial charge in [-0.05, 0) is 42.7 Å². The topological polar surface area (TPSA) is 76.2 Å². The molecule has 7 nitrogen and oxygen atoms in total. The number of β-lactam (4-membered cyclic amide) rings is 1. The van der Waals surface area contributed by atoms with Gasteiger partial charge in [0.1, 0.15) is 24.7 Å². The molecular weight excluding hydrogens is 372 g/mol. The summed E-state index contributed by atoms with van der Waals surface area (Å²) in [7, 11) is 1.56. The van der Waals surface area contributed by atoms with Crippen molar-refractivity contribution in [2.45, 2.75) is 31.0 Å². The van der Waals surface area contributed by atoms with Crippen LogP contribution in [0.1, 0.15) is 18.4 Å². The maximum absolute atomic E-state index is 13.2. The number of ether oxygens (including phenoxy) is 2. The van der Waals surface area contributed by atoms with Crippen LogP contribution in [0.25, 0.3) is 0 Å². The minimum atomic E-state index is -1.16. The summed E-state index contributed by atoms with van der Waals surface area (Å²) >= 11 is 0. The molecule has 0 radical (unpaired) electrons. The van der Waals surface area contributed by atoms with Crippen molar-refractivity contribution in [2.75, 3.05) is 18.6 Å². The Hall–Kier alpha value is -3.35. The highest BCUT2D eigenvalue weighted by atomic mass is 16.6. The van der Waals surface area contributed by atoms with Gasteiger partial charge >= 0.3 is 6.09 Å². The fraction of sp³-hybridized carbons (Fsp3) is 0.318. The molecule has 0 aromatic heterocycles. The molecule has 2 aromatic rings. The number of methoxy groups -OCH3 is 1. The first-order chi connectivity index (χ1) is 14.1. The number of hydrogen-bond donors (Lipinski definition) is 0. The van der Waals surface area contributed by atoms with E-state index in [-0.39, 0.29) is 12.5 Å². The first-order valence-corrected chi connectivity index (χ1v) is 9.53. The molecule has 4 rings (SSSR count). The molecule has 2 heterocycles. The van der Waals surface area contributed by atoms with Gasteiger partial charge in [0.25, 0.3) is 5.91 Å². The zero-order valence-corrected chi connectivity index (χ0v) is 16.1. The Kier molecular flexibility index (Phi) is 4.96. The molecule has 2 aliphatic heterocycles. The molecule has 0 bridgehead atoms.